The van der Waals surface area contributed by atoms with Crippen LogP contribution in [0.25, 0.3) is 0 Å². The molecule has 0 amide bonds. The molecule has 0 unspecified atom stereocenters. The Kier molecular flexibility index (Phi) is 5.29. The molecule has 0 saturated carbocycles. The average Bonchev–Trinajstić information content (AvgIpc) is 2.38. The predicted molar refractivity (Wildman–Crippen MR) is 70.6 cm³/mol. The third kappa shape index (κ3) is 4.66. The van der Waals surface area contributed by atoms with Crippen LogP contribution >= 0.6 is 15.9 Å². The van der Waals surface area contributed by atoms with Crippen LogP contribution in [0.2, 0.25) is 0 Å². The van der Waals surface area contributed by atoms with Crippen molar-refractivity contribution < 1.29 is 14.4 Å². The quantitative estimate of drug-likeness (QED) is 0.824. The Morgan fingerprint density at radius 3 is 2.59 bits per heavy atom. The van der Waals surface area contributed by atoms with Crippen LogP contribution in [-0.4, -0.2) is 39.5 Å². The summed E-state index contributed by atoms with van der Waals surface area (Å²) < 4.78 is 12.1. The molecular weight excluding hydrogens is 282 g/mol. The molecule has 1 aromatic carbocycles. The molecule has 0 radical (unpaired) electrons. The van der Waals surface area contributed by atoms with Gasteiger partial charge in [-0.05, 0) is 24.3 Å². The van der Waals surface area contributed by atoms with Gasteiger partial charge in [-0.3, -0.25) is 0 Å². The van der Waals surface area contributed by atoms with E-state index >= 15 is 0 Å². The molecule has 1 heterocycles. The maximum Gasteiger partial charge on any atom is 0.119 e. The van der Waals surface area contributed by atoms with Gasteiger partial charge < -0.3 is 14.4 Å². The zero-order valence-corrected chi connectivity index (χ0v) is 11.5. The lowest BCUT2D eigenvalue weighted by Gasteiger charge is -2.23. The highest BCUT2D eigenvalue weighted by Gasteiger charge is 2.12. The summed E-state index contributed by atoms with van der Waals surface area (Å²) in [6.45, 7) is 6.06. The Balaban J connectivity index is 1.60. The van der Waals surface area contributed by atoms with E-state index in [-0.39, 0.29) is 0 Å². The first kappa shape index (κ1) is 12.9. The van der Waals surface area contributed by atoms with E-state index in [4.69, 9.17) is 9.47 Å². The number of halogens is 1. The SMILES string of the molecule is Brc1ccc(OCCC[NH+]2CCOCC2)cc1. The second-order valence-electron chi connectivity index (χ2n) is 4.27. The summed E-state index contributed by atoms with van der Waals surface area (Å²) in [5, 5.41) is 0. The molecule has 4 heteroatoms. The van der Waals surface area contributed by atoms with E-state index in [0.717, 1.165) is 49.6 Å². The molecule has 1 saturated heterocycles. The van der Waals surface area contributed by atoms with Gasteiger partial charge in [-0.15, -0.1) is 0 Å². The van der Waals surface area contributed by atoms with Gasteiger partial charge in [0.05, 0.1) is 26.4 Å². The first-order valence-corrected chi connectivity index (χ1v) is 6.93. The highest BCUT2D eigenvalue weighted by atomic mass is 79.9. The Hall–Kier alpha value is -0.580. The van der Waals surface area contributed by atoms with Crippen molar-refractivity contribution in [1.82, 2.24) is 0 Å². The van der Waals surface area contributed by atoms with Crippen molar-refractivity contribution in [1.29, 1.82) is 0 Å². The Morgan fingerprint density at radius 2 is 1.88 bits per heavy atom. The summed E-state index contributed by atoms with van der Waals surface area (Å²) in [6, 6.07) is 7.99. The molecule has 0 spiro atoms. The molecule has 1 N–H and O–H groups in total. The summed E-state index contributed by atoms with van der Waals surface area (Å²) in [5.41, 5.74) is 0. The molecule has 0 aliphatic carbocycles. The lowest BCUT2D eigenvalue weighted by atomic mass is 10.3. The molecule has 0 bridgehead atoms. The molecule has 2 rings (SSSR count). The maximum absolute atomic E-state index is 5.69. The van der Waals surface area contributed by atoms with Crippen molar-refractivity contribution in [2.45, 2.75) is 6.42 Å². The number of ether oxygens (including phenoxy) is 2. The number of morpholine rings is 1. The van der Waals surface area contributed by atoms with Crippen LogP contribution in [-0.2, 0) is 4.74 Å². The van der Waals surface area contributed by atoms with Crippen molar-refractivity contribution >= 4 is 15.9 Å². The zero-order valence-electron chi connectivity index (χ0n) is 9.95. The molecule has 0 aromatic heterocycles. The molecule has 1 aliphatic heterocycles. The van der Waals surface area contributed by atoms with Crippen molar-refractivity contribution in [2.24, 2.45) is 0 Å². The van der Waals surface area contributed by atoms with Crippen molar-refractivity contribution in [2.75, 3.05) is 39.5 Å². The lowest BCUT2D eigenvalue weighted by Crippen LogP contribution is -3.14. The van der Waals surface area contributed by atoms with Crippen LogP contribution in [0, 0.1) is 0 Å². The van der Waals surface area contributed by atoms with Gasteiger partial charge in [0.2, 0.25) is 0 Å². The standard InChI is InChI=1S/C13H18BrNO2/c14-12-2-4-13(5-3-12)17-9-1-6-15-7-10-16-11-8-15/h2-5H,1,6-11H2/p+1. The highest BCUT2D eigenvalue weighted by molar-refractivity contribution is 9.10. The summed E-state index contributed by atoms with van der Waals surface area (Å²) >= 11 is 3.41. The van der Waals surface area contributed by atoms with Crippen molar-refractivity contribution in [3.63, 3.8) is 0 Å². The van der Waals surface area contributed by atoms with E-state index in [1.54, 1.807) is 4.90 Å². The van der Waals surface area contributed by atoms with Gasteiger partial charge in [-0.2, -0.15) is 0 Å². The smallest absolute Gasteiger partial charge is 0.119 e. The van der Waals surface area contributed by atoms with Crippen LogP contribution in [0.15, 0.2) is 28.7 Å². The summed E-state index contributed by atoms with van der Waals surface area (Å²) in [7, 11) is 0. The van der Waals surface area contributed by atoms with Crippen LogP contribution in [0.1, 0.15) is 6.42 Å². The maximum atomic E-state index is 5.69. The molecule has 94 valence electrons. The first-order valence-electron chi connectivity index (χ1n) is 6.14. The predicted octanol–water partition coefficient (Wildman–Crippen LogP) is 1.13. The topological polar surface area (TPSA) is 22.9 Å². The number of rotatable bonds is 5. The van der Waals surface area contributed by atoms with E-state index in [1.807, 2.05) is 24.3 Å². The number of hydrogen-bond donors (Lipinski definition) is 1. The van der Waals surface area contributed by atoms with Gasteiger partial charge in [0.1, 0.15) is 18.8 Å². The van der Waals surface area contributed by atoms with E-state index in [9.17, 15) is 0 Å². The molecule has 17 heavy (non-hydrogen) atoms. The van der Waals surface area contributed by atoms with E-state index < -0.39 is 0 Å². The lowest BCUT2D eigenvalue weighted by molar-refractivity contribution is -0.908. The van der Waals surface area contributed by atoms with Crippen LogP contribution in [0.5, 0.6) is 5.75 Å². The molecule has 3 nitrogen and oxygen atoms in total. The number of quaternary nitrogens is 1. The number of nitrogens with one attached hydrogen (secondary N) is 1. The van der Waals surface area contributed by atoms with Gasteiger partial charge in [0, 0.05) is 10.9 Å². The number of benzene rings is 1. The zero-order chi connectivity index (χ0) is 11.9. The van der Waals surface area contributed by atoms with E-state index in [2.05, 4.69) is 15.9 Å². The second kappa shape index (κ2) is 6.99. The molecule has 1 aliphatic rings. The second-order valence-corrected chi connectivity index (χ2v) is 5.18. The van der Waals surface area contributed by atoms with Gasteiger partial charge >= 0.3 is 0 Å². The molecule has 1 fully saturated rings. The monoisotopic (exact) mass is 300 g/mol. The van der Waals surface area contributed by atoms with Gasteiger partial charge in [-0.1, -0.05) is 15.9 Å². The van der Waals surface area contributed by atoms with Crippen LogP contribution in [0.3, 0.4) is 0 Å². The Morgan fingerprint density at radius 1 is 1.18 bits per heavy atom. The van der Waals surface area contributed by atoms with Crippen molar-refractivity contribution in [3.8, 4) is 5.75 Å². The normalized spacial score (nSPS) is 17.0. The Bertz CT molecular complexity index is 323. The number of hydrogen-bond acceptors (Lipinski definition) is 2. The molecule has 0 atom stereocenters. The molecule has 1 aromatic rings. The highest BCUT2D eigenvalue weighted by Crippen LogP contribution is 2.15. The van der Waals surface area contributed by atoms with E-state index in [0.29, 0.717) is 0 Å². The average molecular weight is 301 g/mol. The largest absolute Gasteiger partial charge is 0.493 e. The third-order valence-electron chi connectivity index (χ3n) is 2.96. The minimum absolute atomic E-state index is 0.798. The first-order chi connectivity index (χ1) is 8.34. The van der Waals surface area contributed by atoms with E-state index in [1.165, 1.54) is 6.54 Å². The molecular formula is C13H19BrNO2+. The Labute approximate surface area is 111 Å². The fraction of sp³-hybridized carbons (Fsp3) is 0.538. The summed E-state index contributed by atoms with van der Waals surface area (Å²) in [5.74, 6) is 0.949. The van der Waals surface area contributed by atoms with Gasteiger partial charge in [-0.25, -0.2) is 0 Å². The third-order valence-corrected chi connectivity index (χ3v) is 3.49. The van der Waals surface area contributed by atoms with Crippen LogP contribution < -0.4 is 9.64 Å². The van der Waals surface area contributed by atoms with Gasteiger partial charge in [0.15, 0.2) is 0 Å². The van der Waals surface area contributed by atoms with Crippen LogP contribution in [0.4, 0.5) is 0 Å². The van der Waals surface area contributed by atoms with Crippen molar-refractivity contribution in [3.05, 3.63) is 28.7 Å². The minimum Gasteiger partial charge on any atom is -0.493 e. The minimum atomic E-state index is 0.798. The fourth-order valence-electron chi connectivity index (χ4n) is 1.95. The van der Waals surface area contributed by atoms with Gasteiger partial charge in [0.25, 0.3) is 0 Å². The summed E-state index contributed by atoms with van der Waals surface area (Å²) in [6.07, 6.45) is 1.10. The fourth-order valence-corrected chi connectivity index (χ4v) is 2.22. The summed E-state index contributed by atoms with van der Waals surface area (Å²) in [4.78, 5) is 1.63.